The van der Waals surface area contributed by atoms with Crippen LogP contribution in [-0.2, 0) is 15.8 Å². The second kappa shape index (κ2) is 6.50. The molecular formula is C12H17N3O2S. The van der Waals surface area contributed by atoms with Crippen LogP contribution in [0.25, 0.3) is 4.72 Å². The van der Waals surface area contributed by atoms with Gasteiger partial charge in [0.15, 0.2) is 0 Å². The van der Waals surface area contributed by atoms with E-state index in [9.17, 15) is 8.42 Å². The minimum Gasteiger partial charge on any atom is -0.544 e. The molecule has 98 valence electrons. The molecule has 0 heterocycles. The zero-order chi connectivity index (χ0) is 13.6. The summed E-state index contributed by atoms with van der Waals surface area (Å²) in [6.45, 7) is 0.994. The minimum atomic E-state index is -3.42. The smallest absolute Gasteiger partial charge is 0.0991 e. The average molecular weight is 267 g/mol. The van der Waals surface area contributed by atoms with E-state index in [4.69, 9.17) is 5.26 Å². The van der Waals surface area contributed by atoms with Gasteiger partial charge in [-0.15, -0.1) is 0 Å². The van der Waals surface area contributed by atoms with E-state index >= 15 is 0 Å². The summed E-state index contributed by atoms with van der Waals surface area (Å²) in [5, 5.41) is 8.64. The van der Waals surface area contributed by atoms with Crippen LogP contribution in [0.15, 0.2) is 24.3 Å². The lowest BCUT2D eigenvalue weighted by Gasteiger charge is -2.20. The van der Waals surface area contributed by atoms with Gasteiger partial charge in [-0.1, -0.05) is 18.7 Å². The number of hydrogen-bond donors (Lipinski definition) is 1. The maximum absolute atomic E-state index is 11.7. The van der Waals surface area contributed by atoms with Crippen LogP contribution in [0.5, 0.6) is 0 Å². The molecule has 0 radical (unpaired) electrons. The topological polar surface area (TPSA) is 76.5 Å². The molecule has 0 spiro atoms. The Balaban J connectivity index is 2.57. The molecule has 0 aliphatic carbocycles. The lowest BCUT2D eigenvalue weighted by Crippen LogP contribution is -3.06. The van der Waals surface area contributed by atoms with Crippen LogP contribution in [-0.4, -0.2) is 35.6 Å². The molecule has 1 rings (SSSR count). The molecule has 0 aromatic heterocycles. The maximum Gasteiger partial charge on any atom is 0.0991 e. The molecule has 0 atom stereocenters. The summed E-state index contributed by atoms with van der Waals surface area (Å²) in [5.74, 6) is -0.110. The number of rotatable bonds is 6. The van der Waals surface area contributed by atoms with Crippen LogP contribution in [0.1, 0.15) is 11.1 Å². The fourth-order valence-electron chi connectivity index (χ4n) is 1.34. The maximum atomic E-state index is 11.7. The molecule has 0 aliphatic heterocycles. The molecule has 6 heteroatoms. The molecule has 0 fully saturated rings. The van der Waals surface area contributed by atoms with E-state index in [0.29, 0.717) is 24.2 Å². The number of nitriles is 1. The van der Waals surface area contributed by atoms with Gasteiger partial charge >= 0.3 is 0 Å². The second-order valence-electron chi connectivity index (χ2n) is 4.34. The van der Waals surface area contributed by atoms with Crippen molar-refractivity contribution >= 4 is 10.0 Å². The van der Waals surface area contributed by atoms with E-state index in [-0.39, 0.29) is 5.75 Å². The molecule has 18 heavy (non-hydrogen) atoms. The molecule has 5 nitrogen and oxygen atoms in total. The molecule has 0 bridgehead atoms. The number of quaternary nitrogens is 1. The summed E-state index contributed by atoms with van der Waals surface area (Å²) >= 11 is 0. The van der Waals surface area contributed by atoms with Gasteiger partial charge in [-0.3, -0.25) is 0 Å². The second-order valence-corrected chi connectivity index (χ2v) is 6.06. The molecule has 0 aliphatic rings. The minimum absolute atomic E-state index is 0.110. The molecule has 0 saturated carbocycles. The Morgan fingerprint density at radius 3 is 2.39 bits per heavy atom. The van der Waals surface area contributed by atoms with Crippen molar-refractivity contribution in [2.75, 3.05) is 27.2 Å². The van der Waals surface area contributed by atoms with Crippen molar-refractivity contribution in [3.05, 3.63) is 40.1 Å². The Kier molecular flexibility index (Phi) is 5.28. The number of nitrogens with zero attached hydrogens (tertiary/aromatic N) is 2. The fourth-order valence-corrected chi connectivity index (χ4v) is 2.41. The van der Waals surface area contributed by atoms with E-state index < -0.39 is 10.0 Å². The summed E-state index contributed by atoms with van der Waals surface area (Å²) < 4.78 is 27.1. The quantitative estimate of drug-likeness (QED) is 0.782. The average Bonchev–Trinajstić information content (AvgIpc) is 2.28. The van der Waals surface area contributed by atoms with Crippen LogP contribution in [0.3, 0.4) is 0 Å². The third kappa shape index (κ3) is 5.27. The number of nitrogens with one attached hydrogen (secondary N) is 1. The van der Waals surface area contributed by atoms with E-state index in [1.807, 2.05) is 20.2 Å². The van der Waals surface area contributed by atoms with E-state index in [0.717, 1.165) is 4.90 Å². The standard InChI is InChI=1S/C12H16N3O2S/c1-15(2)8-7-14-18(16,17)10-12-5-3-11(9-13)4-6-12/h3-6H,7-8,10H2,1-2H3/q-1/p+1. The number of sulfonamides is 1. The van der Waals surface area contributed by atoms with Crippen LogP contribution in [0.2, 0.25) is 0 Å². The first kappa shape index (κ1) is 14.6. The van der Waals surface area contributed by atoms with Crippen LogP contribution < -0.4 is 4.90 Å². The van der Waals surface area contributed by atoms with Crippen molar-refractivity contribution in [2.45, 2.75) is 5.75 Å². The first-order chi connectivity index (χ1) is 8.43. The Hall–Kier alpha value is -1.42. The highest BCUT2D eigenvalue weighted by Gasteiger charge is 2.02. The van der Waals surface area contributed by atoms with Gasteiger partial charge in [0.25, 0.3) is 0 Å². The van der Waals surface area contributed by atoms with Crippen molar-refractivity contribution in [1.29, 1.82) is 5.26 Å². The molecule has 0 saturated heterocycles. The van der Waals surface area contributed by atoms with Gasteiger partial charge in [0, 0.05) is 0 Å². The van der Waals surface area contributed by atoms with Gasteiger partial charge in [0.1, 0.15) is 0 Å². The Morgan fingerprint density at radius 2 is 1.89 bits per heavy atom. The highest BCUT2D eigenvalue weighted by Crippen LogP contribution is 2.12. The van der Waals surface area contributed by atoms with Gasteiger partial charge in [-0.2, -0.15) is 5.26 Å². The lowest BCUT2D eigenvalue weighted by atomic mass is 10.2. The SMILES string of the molecule is C[NH+](C)CC[N-]S(=O)(=O)Cc1ccc(C#N)cc1. The van der Waals surface area contributed by atoms with Crippen molar-refractivity contribution in [3.63, 3.8) is 0 Å². The third-order valence-corrected chi connectivity index (χ3v) is 3.61. The molecule has 1 aromatic carbocycles. The van der Waals surface area contributed by atoms with Crippen LogP contribution in [0, 0.1) is 11.3 Å². The van der Waals surface area contributed by atoms with E-state index in [1.165, 1.54) is 0 Å². The third-order valence-electron chi connectivity index (χ3n) is 2.33. The molecule has 0 amide bonds. The number of likely N-dealkylation sites (N-methyl/N-ethyl adjacent to an activating group) is 1. The normalized spacial score (nSPS) is 11.4. The number of hydrogen-bond acceptors (Lipinski definition) is 3. The summed E-state index contributed by atoms with van der Waals surface area (Å²) in [5.41, 5.74) is 1.17. The summed E-state index contributed by atoms with van der Waals surface area (Å²) in [7, 11) is 0.473. The molecule has 0 unspecified atom stereocenters. The first-order valence-electron chi connectivity index (χ1n) is 5.62. The summed E-state index contributed by atoms with van der Waals surface area (Å²) in [6, 6.07) is 8.48. The van der Waals surface area contributed by atoms with Crippen molar-refractivity contribution in [1.82, 2.24) is 0 Å². The Morgan fingerprint density at radius 1 is 1.28 bits per heavy atom. The van der Waals surface area contributed by atoms with Crippen molar-refractivity contribution in [2.24, 2.45) is 0 Å². The van der Waals surface area contributed by atoms with Gasteiger partial charge in [0.05, 0.1) is 48.0 Å². The van der Waals surface area contributed by atoms with Gasteiger partial charge < -0.3 is 9.62 Å². The van der Waals surface area contributed by atoms with E-state index in [1.54, 1.807) is 24.3 Å². The van der Waals surface area contributed by atoms with Gasteiger partial charge in [-0.25, -0.2) is 8.42 Å². The lowest BCUT2D eigenvalue weighted by molar-refractivity contribution is -0.856. The zero-order valence-corrected chi connectivity index (χ0v) is 11.4. The van der Waals surface area contributed by atoms with Crippen molar-refractivity contribution in [3.8, 4) is 6.07 Å². The highest BCUT2D eigenvalue weighted by atomic mass is 32.2. The predicted octanol–water partition coefficient (Wildman–Crippen LogP) is -0.0937. The summed E-state index contributed by atoms with van der Waals surface area (Å²) in [6.07, 6.45) is 0. The van der Waals surface area contributed by atoms with E-state index in [2.05, 4.69) is 4.72 Å². The predicted molar refractivity (Wildman–Crippen MR) is 69.7 cm³/mol. The Bertz CT molecular complexity index is 515. The fraction of sp³-hybridized carbons (Fsp3) is 0.417. The number of benzene rings is 1. The van der Waals surface area contributed by atoms with Crippen LogP contribution >= 0.6 is 0 Å². The van der Waals surface area contributed by atoms with Crippen molar-refractivity contribution < 1.29 is 13.3 Å². The largest absolute Gasteiger partial charge is 0.544 e. The Labute approximate surface area is 108 Å². The monoisotopic (exact) mass is 267 g/mol. The molecule has 1 N–H and O–H groups in total. The highest BCUT2D eigenvalue weighted by molar-refractivity contribution is 7.93. The van der Waals surface area contributed by atoms with Gasteiger partial charge in [0.2, 0.25) is 0 Å². The first-order valence-corrected chi connectivity index (χ1v) is 7.23. The van der Waals surface area contributed by atoms with Gasteiger partial charge in [-0.05, 0) is 17.7 Å². The zero-order valence-electron chi connectivity index (χ0n) is 10.5. The molecule has 1 aromatic rings. The molecular weight excluding hydrogens is 250 g/mol. The summed E-state index contributed by atoms with van der Waals surface area (Å²) in [4.78, 5) is 1.16. The van der Waals surface area contributed by atoms with Crippen LogP contribution in [0.4, 0.5) is 0 Å².